The molecule has 6 atom stereocenters. The lowest BCUT2D eigenvalue weighted by Crippen LogP contribution is -2.52. The quantitative estimate of drug-likeness (QED) is 0.388. The molecule has 2 bridgehead atoms. The number of piperazine rings is 1. The number of terminal acetylenes is 1. The van der Waals surface area contributed by atoms with Crippen molar-refractivity contribution in [1.82, 2.24) is 20.2 Å². The molecule has 0 radical (unpaired) electrons. The van der Waals surface area contributed by atoms with Crippen LogP contribution in [0.3, 0.4) is 0 Å². The second-order valence-electron chi connectivity index (χ2n) is 14.8. The molecule has 8 nitrogen and oxygen atoms in total. The van der Waals surface area contributed by atoms with Gasteiger partial charge in [-0.1, -0.05) is 30.9 Å². The SMILES string of the molecule is C#Cc1cccc2cc(O)cc(N3CCc4c(nc(OC[C@]56C[C@H](F)CN5[C@H]5CCCC[C@H]5C6)nc4N4CC5CCC(C4)N5)C3)c12. The van der Waals surface area contributed by atoms with Gasteiger partial charge in [0.05, 0.1) is 17.8 Å². The fourth-order valence-electron chi connectivity index (χ4n) is 10.1. The number of rotatable bonds is 5. The van der Waals surface area contributed by atoms with Crippen LogP contribution < -0.4 is 19.9 Å². The number of fused-ring (bicyclic) bond motifs is 7. The standard InChI is InChI=1S/C37H43FN6O2/c1-2-23-7-5-8-24-14-29(45)15-33(34(23)24)42-13-12-30-31(21-42)40-36(41-35(30)43-19-27-10-11-28(20-43)39-27)46-22-37-16-25-6-3-4-9-32(25)44(37)18-26(38)17-37/h1,5,7-8,14-15,25-28,32,39,45H,3-4,6,9-13,16-22H2/t25-,26-,27?,28?,32-,37-/m0/s1. The molecule has 5 fully saturated rings. The molecule has 6 aliphatic rings. The largest absolute Gasteiger partial charge is 0.508 e. The van der Waals surface area contributed by atoms with Crippen LogP contribution in [0.5, 0.6) is 11.8 Å². The summed E-state index contributed by atoms with van der Waals surface area (Å²) in [6.45, 7) is 4.13. The molecule has 9 rings (SSSR count). The Kier molecular flexibility index (Phi) is 6.83. The number of halogens is 1. The van der Waals surface area contributed by atoms with Gasteiger partial charge in [-0.15, -0.1) is 6.42 Å². The van der Waals surface area contributed by atoms with Crippen LogP contribution in [0.25, 0.3) is 10.8 Å². The summed E-state index contributed by atoms with van der Waals surface area (Å²) in [6.07, 6.45) is 14.8. The van der Waals surface area contributed by atoms with Gasteiger partial charge < -0.3 is 25.0 Å². The minimum atomic E-state index is -0.804. The van der Waals surface area contributed by atoms with Crippen LogP contribution >= 0.6 is 0 Å². The van der Waals surface area contributed by atoms with Crippen molar-refractivity contribution < 1.29 is 14.2 Å². The van der Waals surface area contributed by atoms with Gasteiger partial charge in [0, 0.05) is 79.0 Å². The van der Waals surface area contributed by atoms with E-state index in [4.69, 9.17) is 21.1 Å². The molecule has 1 aromatic heterocycles. The van der Waals surface area contributed by atoms with Crippen molar-refractivity contribution in [2.24, 2.45) is 5.92 Å². The van der Waals surface area contributed by atoms with E-state index in [0.29, 0.717) is 56.2 Å². The Balaban J connectivity index is 1.07. The predicted molar refractivity (Wildman–Crippen MR) is 177 cm³/mol. The van der Waals surface area contributed by atoms with Gasteiger partial charge in [-0.05, 0) is 62.0 Å². The molecular formula is C37H43FN6O2. The lowest BCUT2D eigenvalue weighted by Gasteiger charge is -2.38. The Morgan fingerprint density at radius 3 is 2.74 bits per heavy atom. The van der Waals surface area contributed by atoms with Gasteiger partial charge in [0.25, 0.3) is 0 Å². The number of hydrogen-bond acceptors (Lipinski definition) is 8. The number of phenolic OH excluding ortho intramolecular Hbond substituents is 1. The molecule has 9 heteroatoms. The van der Waals surface area contributed by atoms with Gasteiger partial charge in [-0.2, -0.15) is 9.97 Å². The Hall–Kier alpha value is -3.61. The molecule has 46 heavy (non-hydrogen) atoms. The lowest BCUT2D eigenvalue weighted by molar-refractivity contribution is 0.0772. The molecule has 240 valence electrons. The topological polar surface area (TPSA) is 77.0 Å². The molecule has 4 saturated heterocycles. The van der Waals surface area contributed by atoms with Gasteiger partial charge in [-0.25, -0.2) is 4.39 Å². The third kappa shape index (κ3) is 4.71. The van der Waals surface area contributed by atoms with Gasteiger partial charge >= 0.3 is 6.01 Å². The summed E-state index contributed by atoms with van der Waals surface area (Å²) in [5.74, 6) is 4.70. The highest BCUT2D eigenvalue weighted by Gasteiger charge is 2.57. The number of nitrogens with zero attached hydrogens (tertiary/aromatic N) is 5. The second-order valence-corrected chi connectivity index (χ2v) is 14.8. The molecule has 2 unspecified atom stereocenters. The van der Waals surface area contributed by atoms with Crippen LogP contribution in [0, 0.1) is 18.3 Å². The first-order chi connectivity index (χ1) is 22.5. The van der Waals surface area contributed by atoms with Crippen molar-refractivity contribution in [2.75, 3.05) is 42.6 Å². The maximum absolute atomic E-state index is 15.0. The monoisotopic (exact) mass is 622 g/mol. The average Bonchev–Trinajstić information content (AvgIpc) is 3.68. The average molecular weight is 623 g/mol. The fourth-order valence-corrected chi connectivity index (χ4v) is 10.1. The van der Waals surface area contributed by atoms with E-state index in [2.05, 4.69) is 25.9 Å². The molecular weight excluding hydrogens is 579 g/mol. The Morgan fingerprint density at radius 2 is 1.89 bits per heavy atom. The summed E-state index contributed by atoms with van der Waals surface area (Å²) < 4.78 is 21.6. The minimum Gasteiger partial charge on any atom is -0.508 e. The first kappa shape index (κ1) is 28.6. The number of aromatic hydroxyl groups is 1. The van der Waals surface area contributed by atoms with Gasteiger partial charge in [-0.3, -0.25) is 4.90 Å². The Labute approximate surface area is 270 Å². The summed E-state index contributed by atoms with van der Waals surface area (Å²) in [5.41, 5.74) is 3.59. The fraction of sp³-hybridized carbons (Fsp3) is 0.568. The highest BCUT2D eigenvalue weighted by atomic mass is 19.1. The van der Waals surface area contributed by atoms with Crippen LogP contribution in [-0.2, 0) is 13.0 Å². The number of aromatic nitrogens is 2. The van der Waals surface area contributed by atoms with Crippen LogP contribution in [-0.4, -0.2) is 82.6 Å². The molecule has 3 aromatic rings. The Morgan fingerprint density at radius 1 is 1.04 bits per heavy atom. The number of nitrogens with one attached hydrogen (secondary N) is 1. The highest BCUT2D eigenvalue weighted by Crippen LogP contribution is 2.51. The van der Waals surface area contributed by atoms with Crippen molar-refractivity contribution in [2.45, 2.75) is 94.2 Å². The summed E-state index contributed by atoms with van der Waals surface area (Å²) in [7, 11) is 0. The number of hydrogen-bond donors (Lipinski definition) is 2. The second kappa shape index (κ2) is 11.0. The number of anilines is 2. The maximum atomic E-state index is 15.0. The molecule has 0 spiro atoms. The lowest BCUT2D eigenvalue weighted by atomic mass is 9.81. The third-order valence-electron chi connectivity index (χ3n) is 12.0. The number of ether oxygens (including phenoxy) is 1. The first-order valence-corrected chi connectivity index (χ1v) is 17.4. The Bertz CT molecular complexity index is 1710. The van der Waals surface area contributed by atoms with Crippen LogP contribution in [0.1, 0.15) is 68.2 Å². The summed E-state index contributed by atoms with van der Waals surface area (Å²) >= 11 is 0. The van der Waals surface area contributed by atoms with Gasteiger partial charge in [0.1, 0.15) is 24.3 Å². The zero-order valence-electron chi connectivity index (χ0n) is 26.4. The zero-order valence-corrected chi connectivity index (χ0v) is 26.4. The summed E-state index contributed by atoms with van der Waals surface area (Å²) in [5, 5.41) is 16.3. The third-order valence-corrected chi connectivity index (χ3v) is 12.0. The van der Waals surface area contributed by atoms with E-state index in [0.717, 1.165) is 66.0 Å². The van der Waals surface area contributed by atoms with E-state index in [1.807, 2.05) is 24.3 Å². The molecule has 1 aliphatic carbocycles. The number of alkyl halides is 1. The van der Waals surface area contributed by atoms with Crippen LogP contribution in [0.2, 0.25) is 0 Å². The highest BCUT2D eigenvalue weighted by molar-refractivity contribution is 6.00. The molecule has 2 N–H and O–H groups in total. The summed E-state index contributed by atoms with van der Waals surface area (Å²) in [4.78, 5) is 17.4. The smallest absolute Gasteiger partial charge is 0.318 e. The van der Waals surface area contributed by atoms with E-state index < -0.39 is 6.17 Å². The normalized spacial score (nSPS) is 31.9. The van der Waals surface area contributed by atoms with E-state index >= 15 is 4.39 Å². The van der Waals surface area contributed by atoms with Crippen molar-refractivity contribution in [3.63, 3.8) is 0 Å². The van der Waals surface area contributed by atoms with Crippen molar-refractivity contribution in [3.05, 3.63) is 47.2 Å². The molecule has 1 saturated carbocycles. The van der Waals surface area contributed by atoms with Crippen molar-refractivity contribution >= 4 is 22.3 Å². The van der Waals surface area contributed by atoms with Crippen LogP contribution in [0.4, 0.5) is 15.9 Å². The zero-order chi connectivity index (χ0) is 31.0. The van der Waals surface area contributed by atoms with E-state index in [-0.39, 0.29) is 11.3 Å². The van der Waals surface area contributed by atoms with Crippen molar-refractivity contribution in [3.8, 4) is 24.1 Å². The maximum Gasteiger partial charge on any atom is 0.318 e. The molecule has 6 heterocycles. The van der Waals surface area contributed by atoms with E-state index in [1.54, 1.807) is 6.07 Å². The molecule has 0 amide bonds. The molecule has 5 aliphatic heterocycles. The van der Waals surface area contributed by atoms with E-state index in [1.165, 1.54) is 44.1 Å². The molecule has 2 aromatic carbocycles. The number of benzene rings is 2. The predicted octanol–water partition coefficient (Wildman–Crippen LogP) is 4.94. The minimum absolute atomic E-state index is 0.217. The van der Waals surface area contributed by atoms with Gasteiger partial charge in [0.15, 0.2) is 0 Å². The summed E-state index contributed by atoms with van der Waals surface area (Å²) in [6, 6.07) is 11.3. The number of phenols is 1. The van der Waals surface area contributed by atoms with Crippen LogP contribution in [0.15, 0.2) is 30.3 Å². The first-order valence-electron chi connectivity index (χ1n) is 17.4. The van der Waals surface area contributed by atoms with Gasteiger partial charge in [0.2, 0.25) is 0 Å². The van der Waals surface area contributed by atoms with Crippen molar-refractivity contribution in [1.29, 1.82) is 0 Å². The van der Waals surface area contributed by atoms with E-state index in [9.17, 15) is 5.11 Å².